The molecule has 0 unspecified atom stereocenters. The van der Waals surface area contributed by atoms with Crippen LogP contribution in [0.5, 0.6) is 5.75 Å². The van der Waals surface area contributed by atoms with Gasteiger partial charge in [0.25, 0.3) is 0 Å². The van der Waals surface area contributed by atoms with Crippen LogP contribution < -0.4 is 10.4 Å². The monoisotopic (exact) mass is 334 g/mol. The van der Waals surface area contributed by atoms with E-state index in [0.717, 1.165) is 12.2 Å². The first-order chi connectivity index (χ1) is 12.1. The summed E-state index contributed by atoms with van der Waals surface area (Å²) in [6.45, 7) is 0. The number of hydrogen-bond donors (Lipinski definition) is 0. The van der Waals surface area contributed by atoms with Gasteiger partial charge in [-0.15, -0.1) is 0 Å². The minimum atomic E-state index is -0.738. The predicted molar refractivity (Wildman–Crippen MR) is 93.3 cm³/mol. The Morgan fingerprint density at radius 1 is 0.920 bits per heavy atom. The normalized spacial score (nSPS) is 10.9. The third-order valence-corrected chi connectivity index (χ3v) is 3.67. The van der Waals surface area contributed by atoms with Gasteiger partial charge in [-0.25, -0.2) is 4.79 Å². The molecule has 0 saturated carbocycles. The number of allylic oxidation sites excluding steroid dienone is 2. The van der Waals surface area contributed by atoms with Crippen LogP contribution in [0.15, 0.2) is 76.0 Å². The van der Waals surface area contributed by atoms with Crippen molar-refractivity contribution in [3.63, 3.8) is 0 Å². The maximum atomic E-state index is 12.3. The standard InChI is InChI=1S/C20H14O5/c1-24-19-9-5-3-7-14(19)16(21)10-11-17(22)15-12-13-6-2-4-8-18(13)25-20(15)23/h2-12H,1H3/b11-10+. The third kappa shape index (κ3) is 3.40. The lowest BCUT2D eigenvalue weighted by Crippen LogP contribution is -2.12. The van der Waals surface area contributed by atoms with E-state index in [9.17, 15) is 14.4 Å². The Labute approximate surface area is 143 Å². The van der Waals surface area contributed by atoms with E-state index in [2.05, 4.69) is 0 Å². The Kier molecular flexibility index (Phi) is 4.57. The number of carbonyl (C=O) groups excluding carboxylic acids is 2. The van der Waals surface area contributed by atoms with Crippen molar-refractivity contribution in [3.05, 3.63) is 88.3 Å². The van der Waals surface area contributed by atoms with E-state index >= 15 is 0 Å². The van der Waals surface area contributed by atoms with Crippen molar-refractivity contribution in [2.24, 2.45) is 0 Å². The third-order valence-electron chi connectivity index (χ3n) is 3.67. The Morgan fingerprint density at radius 2 is 1.56 bits per heavy atom. The molecule has 1 aromatic heterocycles. The summed E-state index contributed by atoms with van der Waals surface area (Å²) in [7, 11) is 1.46. The van der Waals surface area contributed by atoms with Gasteiger partial charge in [-0.1, -0.05) is 30.3 Å². The van der Waals surface area contributed by atoms with Gasteiger partial charge in [-0.2, -0.15) is 0 Å². The molecule has 0 aliphatic rings. The molecule has 3 aromatic rings. The molecular weight excluding hydrogens is 320 g/mol. The van der Waals surface area contributed by atoms with Gasteiger partial charge in [0.05, 0.1) is 12.7 Å². The molecule has 5 heteroatoms. The fourth-order valence-corrected chi connectivity index (χ4v) is 2.41. The number of carbonyl (C=O) groups is 2. The van der Waals surface area contributed by atoms with Gasteiger partial charge in [0, 0.05) is 5.39 Å². The molecule has 0 fully saturated rings. The Hall–Kier alpha value is -3.47. The number of ether oxygens (including phenoxy) is 1. The molecule has 1 heterocycles. The van der Waals surface area contributed by atoms with Crippen molar-refractivity contribution >= 4 is 22.5 Å². The molecule has 0 N–H and O–H groups in total. The molecule has 0 saturated heterocycles. The van der Waals surface area contributed by atoms with Crippen molar-refractivity contribution in [3.8, 4) is 5.75 Å². The van der Waals surface area contributed by atoms with Crippen LogP contribution in [0.1, 0.15) is 20.7 Å². The molecule has 3 rings (SSSR count). The van der Waals surface area contributed by atoms with Crippen LogP contribution in [-0.4, -0.2) is 18.7 Å². The minimum Gasteiger partial charge on any atom is -0.496 e. The highest BCUT2D eigenvalue weighted by Gasteiger charge is 2.13. The highest BCUT2D eigenvalue weighted by atomic mass is 16.5. The topological polar surface area (TPSA) is 73.6 Å². The summed E-state index contributed by atoms with van der Waals surface area (Å²) in [5.41, 5.74) is -0.126. The quantitative estimate of drug-likeness (QED) is 0.406. The summed E-state index contributed by atoms with van der Waals surface area (Å²) < 4.78 is 10.2. The lowest BCUT2D eigenvalue weighted by molar-refractivity contribution is 0.101. The van der Waals surface area contributed by atoms with E-state index in [-0.39, 0.29) is 5.56 Å². The van der Waals surface area contributed by atoms with Crippen molar-refractivity contribution in [1.29, 1.82) is 0 Å². The summed E-state index contributed by atoms with van der Waals surface area (Å²) in [4.78, 5) is 36.5. The number of para-hydroxylation sites is 2. The largest absolute Gasteiger partial charge is 0.496 e. The van der Waals surface area contributed by atoms with Crippen molar-refractivity contribution in [1.82, 2.24) is 0 Å². The molecule has 0 aliphatic heterocycles. The summed E-state index contributed by atoms with van der Waals surface area (Å²) in [6.07, 6.45) is 2.19. The maximum absolute atomic E-state index is 12.3. The first kappa shape index (κ1) is 16.4. The number of benzene rings is 2. The van der Waals surface area contributed by atoms with Crippen LogP contribution >= 0.6 is 0 Å². The van der Waals surface area contributed by atoms with Gasteiger partial charge in [0.2, 0.25) is 0 Å². The number of methoxy groups -OCH3 is 1. The maximum Gasteiger partial charge on any atom is 0.347 e. The van der Waals surface area contributed by atoms with Crippen LogP contribution in [0.2, 0.25) is 0 Å². The van der Waals surface area contributed by atoms with E-state index in [4.69, 9.17) is 9.15 Å². The molecule has 0 spiro atoms. The summed E-state index contributed by atoms with van der Waals surface area (Å²) in [6, 6.07) is 15.0. The number of fused-ring (bicyclic) bond motifs is 1. The van der Waals surface area contributed by atoms with Gasteiger partial charge in [0.1, 0.15) is 16.9 Å². The average molecular weight is 334 g/mol. The van der Waals surface area contributed by atoms with E-state index < -0.39 is 17.2 Å². The summed E-state index contributed by atoms with van der Waals surface area (Å²) in [5, 5.41) is 0.634. The highest BCUT2D eigenvalue weighted by Crippen LogP contribution is 2.18. The van der Waals surface area contributed by atoms with Gasteiger partial charge in [-0.05, 0) is 36.4 Å². The molecule has 5 nitrogen and oxygen atoms in total. The van der Waals surface area contributed by atoms with E-state index in [1.54, 1.807) is 48.5 Å². The second-order valence-corrected chi connectivity index (χ2v) is 5.25. The van der Waals surface area contributed by atoms with E-state index in [1.165, 1.54) is 13.2 Å². The highest BCUT2D eigenvalue weighted by molar-refractivity contribution is 6.13. The smallest absolute Gasteiger partial charge is 0.347 e. The molecular formula is C20H14O5. The zero-order valence-corrected chi connectivity index (χ0v) is 13.4. The Balaban J connectivity index is 1.89. The molecule has 0 amide bonds. The van der Waals surface area contributed by atoms with Crippen molar-refractivity contribution in [2.75, 3.05) is 7.11 Å². The van der Waals surface area contributed by atoms with Gasteiger partial charge in [-0.3, -0.25) is 9.59 Å². The summed E-state index contributed by atoms with van der Waals surface area (Å²) >= 11 is 0. The molecule has 0 bridgehead atoms. The number of hydrogen-bond acceptors (Lipinski definition) is 5. The molecule has 25 heavy (non-hydrogen) atoms. The molecule has 0 radical (unpaired) electrons. The summed E-state index contributed by atoms with van der Waals surface area (Å²) in [5.74, 6) is -0.575. The molecule has 124 valence electrons. The van der Waals surface area contributed by atoms with E-state index in [0.29, 0.717) is 22.3 Å². The predicted octanol–water partition coefficient (Wildman–Crippen LogP) is 3.42. The second-order valence-electron chi connectivity index (χ2n) is 5.25. The Bertz CT molecular complexity index is 1040. The van der Waals surface area contributed by atoms with Gasteiger partial charge >= 0.3 is 5.63 Å². The van der Waals surface area contributed by atoms with Crippen LogP contribution in [0.25, 0.3) is 11.0 Å². The van der Waals surface area contributed by atoms with Crippen molar-refractivity contribution < 1.29 is 18.7 Å². The van der Waals surface area contributed by atoms with Crippen LogP contribution in [-0.2, 0) is 0 Å². The molecule has 2 aromatic carbocycles. The number of rotatable bonds is 5. The average Bonchev–Trinajstić information content (AvgIpc) is 2.65. The zero-order chi connectivity index (χ0) is 17.8. The first-order valence-corrected chi connectivity index (χ1v) is 7.53. The molecule has 0 aliphatic carbocycles. The van der Waals surface area contributed by atoms with Crippen LogP contribution in [0.3, 0.4) is 0 Å². The van der Waals surface area contributed by atoms with Gasteiger partial charge in [0.15, 0.2) is 11.6 Å². The SMILES string of the molecule is COc1ccccc1C(=O)/C=C/C(=O)c1cc2ccccc2oc1=O. The van der Waals surface area contributed by atoms with Crippen molar-refractivity contribution in [2.45, 2.75) is 0 Å². The first-order valence-electron chi connectivity index (χ1n) is 7.53. The van der Waals surface area contributed by atoms with Gasteiger partial charge < -0.3 is 9.15 Å². The molecule has 0 atom stereocenters. The fourth-order valence-electron chi connectivity index (χ4n) is 2.41. The Morgan fingerprint density at radius 3 is 2.32 bits per heavy atom. The van der Waals surface area contributed by atoms with Crippen LogP contribution in [0, 0.1) is 0 Å². The van der Waals surface area contributed by atoms with E-state index in [1.807, 2.05) is 0 Å². The lowest BCUT2D eigenvalue weighted by Gasteiger charge is -2.04. The zero-order valence-electron chi connectivity index (χ0n) is 13.4. The second kappa shape index (κ2) is 6.97. The fraction of sp³-hybridized carbons (Fsp3) is 0.0500. The van der Waals surface area contributed by atoms with Crippen LogP contribution in [0.4, 0.5) is 0 Å². The minimum absolute atomic E-state index is 0.122. The number of ketones is 2. The lowest BCUT2D eigenvalue weighted by atomic mass is 10.1.